The van der Waals surface area contributed by atoms with Crippen LogP contribution >= 0.6 is 0 Å². The number of benzene rings is 2. The second kappa shape index (κ2) is 8.18. The summed E-state index contributed by atoms with van der Waals surface area (Å²) in [6.45, 7) is 3.71. The van der Waals surface area contributed by atoms with Gasteiger partial charge >= 0.3 is 0 Å². The van der Waals surface area contributed by atoms with Gasteiger partial charge in [-0.25, -0.2) is 0 Å². The number of amides is 2. The van der Waals surface area contributed by atoms with E-state index in [9.17, 15) is 9.59 Å². The summed E-state index contributed by atoms with van der Waals surface area (Å²) in [5.74, 6) is 0.664. The first-order valence-corrected chi connectivity index (χ1v) is 8.51. The molecule has 1 heterocycles. The Labute approximate surface area is 156 Å². The minimum absolute atomic E-state index is 0.0264. The molecule has 3 N–H and O–H groups in total. The van der Waals surface area contributed by atoms with E-state index in [4.69, 9.17) is 4.74 Å². The van der Waals surface area contributed by atoms with Gasteiger partial charge in [0.15, 0.2) is 0 Å². The van der Waals surface area contributed by atoms with Crippen molar-refractivity contribution in [1.29, 1.82) is 0 Å². The second-order valence-electron chi connectivity index (χ2n) is 6.18. The molecule has 7 heteroatoms. The van der Waals surface area contributed by atoms with Crippen LogP contribution in [0, 0.1) is 0 Å². The first kappa shape index (κ1) is 18.2. The summed E-state index contributed by atoms with van der Waals surface area (Å²) in [5, 5.41) is 11.9. The molecule has 7 nitrogen and oxygen atoms in total. The summed E-state index contributed by atoms with van der Waals surface area (Å²) >= 11 is 0. The summed E-state index contributed by atoms with van der Waals surface area (Å²) < 4.78 is 5.71. The van der Waals surface area contributed by atoms with Crippen molar-refractivity contribution in [3.8, 4) is 11.5 Å². The second-order valence-corrected chi connectivity index (χ2v) is 6.18. The molecule has 1 aromatic heterocycles. The first-order chi connectivity index (χ1) is 13.0. The fourth-order valence-corrected chi connectivity index (χ4v) is 2.38. The van der Waals surface area contributed by atoms with Gasteiger partial charge in [0.25, 0.3) is 11.8 Å². The van der Waals surface area contributed by atoms with Crippen LogP contribution in [0.1, 0.15) is 34.7 Å². The van der Waals surface area contributed by atoms with Crippen LogP contribution in [-0.2, 0) is 0 Å². The number of carbonyl (C=O) groups excluding carboxylic acids is 2. The third kappa shape index (κ3) is 4.72. The van der Waals surface area contributed by atoms with E-state index >= 15 is 0 Å². The molecule has 2 amide bonds. The van der Waals surface area contributed by atoms with E-state index in [-0.39, 0.29) is 23.6 Å². The molecule has 0 spiro atoms. The SMILES string of the molecule is CC(C)NC(=O)c1[nH]ncc1NC(=O)c1ccc(Oc2ccccc2)cc1. The standard InChI is InChI=1S/C20H20N4O3/c1-13(2)22-20(26)18-17(12-21-24-18)23-19(25)14-8-10-16(11-9-14)27-15-6-4-3-5-7-15/h3-13H,1-2H3,(H,21,24)(H,22,26)(H,23,25). The highest BCUT2D eigenvalue weighted by Gasteiger charge is 2.17. The van der Waals surface area contributed by atoms with Gasteiger partial charge < -0.3 is 15.4 Å². The van der Waals surface area contributed by atoms with Crippen LogP contribution in [0.15, 0.2) is 60.8 Å². The topological polar surface area (TPSA) is 96.1 Å². The van der Waals surface area contributed by atoms with Gasteiger partial charge in [0, 0.05) is 11.6 Å². The Balaban J connectivity index is 1.67. The van der Waals surface area contributed by atoms with E-state index in [0.29, 0.717) is 22.7 Å². The van der Waals surface area contributed by atoms with Gasteiger partial charge in [0.05, 0.1) is 11.9 Å². The largest absolute Gasteiger partial charge is 0.457 e. The maximum Gasteiger partial charge on any atom is 0.271 e. The van der Waals surface area contributed by atoms with Gasteiger partial charge in [-0.05, 0) is 50.2 Å². The van der Waals surface area contributed by atoms with Gasteiger partial charge in [-0.3, -0.25) is 14.7 Å². The highest BCUT2D eigenvalue weighted by atomic mass is 16.5. The molecule has 3 aromatic rings. The summed E-state index contributed by atoms with van der Waals surface area (Å²) in [6.07, 6.45) is 1.40. The van der Waals surface area contributed by atoms with Crippen molar-refractivity contribution in [2.24, 2.45) is 0 Å². The number of hydrogen-bond acceptors (Lipinski definition) is 4. The molecular weight excluding hydrogens is 344 g/mol. The van der Waals surface area contributed by atoms with Crippen molar-refractivity contribution in [2.75, 3.05) is 5.32 Å². The highest BCUT2D eigenvalue weighted by Crippen LogP contribution is 2.21. The van der Waals surface area contributed by atoms with Gasteiger partial charge in [0.1, 0.15) is 17.2 Å². The van der Waals surface area contributed by atoms with Crippen molar-refractivity contribution in [1.82, 2.24) is 15.5 Å². The fraction of sp³-hybridized carbons (Fsp3) is 0.150. The van der Waals surface area contributed by atoms with Crippen LogP contribution in [-0.4, -0.2) is 28.1 Å². The summed E-state index contributed by atoms with van der Waals surface area (Å²) in [4.78, 5) is 24.6. The number of aromatic nitrogens is 2. The lowest BCUT2D eigenvalue weighted by molar-refractivity contribution is 0.0939. The predicted octanol–water partition coefficient (Wildman–Crippen LogP) is 3.59. The van der Waals surface area contributed by atoms with E-state index < -0.39 is 0 Å². The van der Waals surface area contributed by atoms with E-state index in [1.54, 1.807) is 24.3 Å². The van der Waals surface area contributed by atoms with E-state index in [2.05, 4.69) is 20.8 Å². The highest BCUT2D eigenvalue weighted by molar-refractivity contribution is 6.08. The van der Waals surface area contributed by atoms with Crippen LogP contribution in [0.25, 0.3) is 0 Å². The van der Waals surface area contributed by atoms with Gasteiger partial charge in [-0.15, -0.1) is 0 Å². The van der Waals surface area contributed by atoms with Crippen LogP contribution < -0.4 is 15.4 Å². The van der Waals surface area contributed by atoms with Crippen molar-refractivity contribution in [3.05, 3.63) is 72.1 Å². The molecule has 0 saturated heterocycles. The molecule has 0 aliphatic rings. The summed E-state index contributed by atoms with van der Waals surface area (Å²) in [5.41, 5.74) is 0.968. The average molecular weight is 364 g/mol. The van der Waals surface area contributed by atoms with Gasteiger partial charge in [-0.1, -0.05) is 18.2 Å². The molecule has 0 radical (unpaired) electrons. The zero-order valence-electron chi connectivity index (χ0n) is 15.0. The maximum atomic E-state index is 12.5. The number of anilines is 1. The molecule has 0 aliphatic carbocycles. The lowest BCUT2D eigenvalue weighted by Gasteiger charge is -2.09. The number of para-hydroxylation sites is 1. The molecular formula is C20H20N4O3. The molecule has 2 aromatic carbocycles. The monoisotopic (exact) mass is 364 g/mol. The van der Waals surface area contributed by atoms with E-state index in [1.807, 2.05) is 44.2 Å². The third-order valence-corrected chi connectivity index (χ3v) is 3.63. The number of ether oxygens (including phenoxy) is 1. The van der Waals surface area contributed by atoms with E-state index in [0.717, 1.165) is 0 Å². The third-order valence-electron chi connectivity index (χ3n) is 3.63. The molecule has 0 saturated carbocycles. The van der Waals surface area contributed by atoms with Crippen molar-refractivity contribution in [3.63, 3.8) is 0 Å². The summed E-state index contributed by atoms with van der Waals surface area (Å²) in [7, 11) is 0. The number of nitrogens with zero attached hydrogens (tertiary/aromatic N) is 1. The summed E-state index contributed by atoms with van der Waals surface area (Å²) in [6, 6.07) is 16.1. The number of rotatable bonds is 6. The Hall–Kier alpha value is -3.61. The molecule has 0 atom stereocenters. The van der Waals surface area contributed by atoms with Crippen molar-refractivity contribution < 1.29 is 14.3 Å². The van der Waals surface area contributed by atoms with Crippen LogP contribution in [0.2, 0.25) is 0 Å². The first-order valence-electron chi connectivity index (χ1n) is 8.51. The Morgan fingerprint density at radius 3 is 2.30 bits per heavy atom. The zero-order chi connectivity index (χ0) is 19.2. The van der Waals surface area contributed by atoms with Crippen LogP contribution in [0.4, 0.5) is 5.69 Å². The number of aromatic amines is 1. The normalized spacial score (nSPS) is 10.5. The molecule has 138 valence electrons. The lowest BCUT2D eigenvalue weighted by Crippen LogP contribution is -2.31. The van der Waals surface area contributed by atoms with Gasteiger partial charge in [-0.2, -0.15) is 5.10 Å². The number of carbonyl (C=O) groups is 2. The minimum atomic E-state index is -0.346. The smallest absolute Gasteiger partial charge is 0.271 e. The van der Waals surface area contributed by atoms with E-state index in [1.165, 1.54) is 6.20 Å². The zero-order valence-corrected chi connectivity index (χ0v) is 15.0. The molecule has 0 fully saturated rings. The van der Waals surface area contributed by atoms with Crippen LogP contribution in [0.5, 0.6) is 11.5 Å². The average Bonchev–Trinajstić information content (AvgIpc) is 3.11. The fourth-order valence-electron chi connectivity index (χ4n) is 2.38. The lowest BCUT2D eigenvalue weighted by atomic mass is 10.2. The van der Waals surface area contributed by atoms with Gasteiger partial charge in [0.2, 0.25) is 0 Å². The van der Waals surface area contributed by atoms with Crippen molar-refractivity contribution in [2.45, 2.75) is 19.9 Å². The van der Waals surface area contributed by atoms with Crippen LogP contribution in [0.3, 0.4) is 0 Å². The Kier molecular flexibility index (Phi) is 5.51. The number of hydrogen-bond donors (Lipinski definition) is 3. The Morgan fingerprint density at radius 2 is 1.63 bits per heavy atom. The molecule has 0 bridgehead atoms. The molecule has 0 aliphatic heterocycles. The molecule has 3 rings (SSSR count). The molecule has 0 unspecified atom stereocenters. The Morgan fingerprint density at radius 1 is 0.963 bits per heavy atom. The maximum absolute atomic E-state index is 12.5. The quantitative estimate of drug-likeness (QED) is 0.623. The Bertz CT molecular complexity index is 918. The predicted molar refractivity (Wildman–Crippen MR) is 102 cm³/mol. The molecule has 27 heavy (non-hydrogen) atoms. The number of H-pyrrole nitrogens is 1. The number of nitrogens with one attached hydrogen (secondary N) is 3. The minimum Gasteiger partial charge on any atom is -0.457 e. The van der Waals surface area contributed by atoms with Crippen molar-refractivity contribution >= 4 is 17.5 Å².